The molecular formula is C16H22N4O2S. The van der Waals surface area contributed by atoms with Gasteiger partial charge in [-0.1, -0.05) is 12.1 Å². The summed E-state index contributed by atoms with van der Waals surface area (Å²) >= 11 is 0. The minimum Gasteiger partial charge on any atom is -0.367 e. The van der Waals surface area contributed by atoms with E-state index in [9.17, 15) is 8.42 Å². The monoisotopic (exact) mass is 334 g/mol. The summed E-state index contributed by atoms with van der Waals surface area (Å²) in [5, 5.41) is 4.56. The zero-order valence-corrected chi connectivity index (χ0v) is 14.1. The van der Waals surface area contributed by atoms with Crippen LogP contribution in [0.4, 0.5) is 5.82 Å². The van der Waals surface area contributed by atoms with Crippen LogP contribution in [-0.4, -0.2) is 61.0 Å². The van der Waals surface area contributed by atoms with Crippen molar-refractivity contribution in [2.45, 2.75) is 18.9 Å². The van der Waals surface area contributed by atoms with Crippen LogP contribution in [0.2, 0.25) is 0 Å². The zero-order valence-electron chi connectivity index (χ0n) is 13.3. The Morgan fingerprint density at radius 3 is 2.70 bits per heavy atom. The number of anilines is 1. The Bertz CT molecular complexity index is 765. The molecule has 3 rings (SSSR count). The van der Waals surface area contributed by atoms with E-state index >= 15 is 0 Å². The van der Waals surface area contributed by atoms with E-state index in [0.29, 0.717) is 12.6 Å². The van der Waals surface area contributed by atoms with Crippen LogP contribution < -0.4 is 5.32 Å². The second-order valence-electron chi connectivity index (χ2n) is 6.13. The van der Waals surface area contributed by atoms with Gasteiger partial charge in [-0.25, -0.2) is 18.4 Å². The molecule has 23 heavy (non-hydrogen) atoms. The Morgan fingerprint density at radius 1 is 1.22 bits per heavy atom. The van der Waals surface area contributed by atoms with Gasteiger partial charge in [-0.05, 0) is 25.0 Å². The molecule has 0 unspecified atom stereocenters. The first kappa shape index (κ1) is 16.1. The van der Waals surface area contributed by atoms with Gasteiger partial charge in [-0.15, -0.1) is 0 Å². The van der Waals surface area contributed by atoms with Crippen molar-refractivity contribution in [1.82, 2.24) is 14.9 Å². The van der Waals surface area contributed by atoms with Crippen LogP contribution in [0.5, 0.6) is 0 Å². The van der Waals surface area contributed by atoms with E-state index in [0.717, 1.165) is 42.7 Å². The summed E-state index contributed by atoms with van der Waals surface area (Å²) in [7, 11) is -2.88. The Kier molecular flexibility index (Phi) is 4.77. The van der Waals surface area contributed by atoms with Crippen molar-refractivity contribution in [3.8, 4) is 0 Å². The number of piperidine rings is 1. The lowest BCUT2D eigenvalue weighted by atomic mass is 10.0. The van der Waals surface area contributed by atoms with Gasteiger partial charge in [0.25, 0.3) is 0 Å². The van der Waals surface area contributed by atoms with Crippen LogP contribution in [0.3, 0.4) is 0 Å². The molecular weight excluding hydrogens is 312 g/mol. The number of benzene rings is 1. The fraction of sp³-hybridized carbons (Fsp3) is 0.500. The Labute approximate surface area is 136 Å². The van der Waals surface area contributed by atoms with Gasteiger partial charge in [-0.2, -0.15) is 0 Å². The Balaban J connectivity index is 1.58. The van der Waals surface area contributed by atoms with Gasteiger partial charge in [0.15, 0.2) is 0 Å². The minimum atomic E-state index is -2.88. The predicted molar refractivity (Wildman–Crippen MR) is 92.3 cm³/mol. The maximum atomic E-state index is 11.3. The third-order valence-electron chi connectivity index (χ3n) is 4.25. The summed E-state index contributed by atoms with van der Waals surface area (Å²) < 4.78 is 22.5. The maximum Gasteiger partial charge on any atom is 0.148 e. The molecule has 0 amide bonds. The summed E-state index contributed by atoms with van der Waals surface area (Å²) in [6.07, 6.45) is 4.86. The van der Waals surface area contributed by atoms with Gasteiger partial charge >= 0.3 is 0 Å². The minimum absolute atomic E-state index is 0.238. The highest BCUT2D eigenvalue weighted by Gasteiger charge is 2.20. The normalized spacial score (nSPS) is 17.4. The molecule has 2 heterocycles. The molecule has 1 aliphatic heterocycles. The van der Waals surface area contributed by atoms with Crippen molar-refractivity contribution in [2.75, 3.05) is 37.0 Å². The first-order valence-electron chi connectivity index (χ1n) is 7.88. The highest BCUT2D eigenvalue weighted by molar-refractivity contribution is 7.90. The third-order valence-corrected chi connectivity index (χ3v) is 5.17. The number of aromatic nitrogens is 2. The lowest BCUT2D eigenvalue weighted by Crippen LogP contribution is -2.41. The molecule has 1 aromatic heterocycles. The number of nitrogens with zero attached hydrogens (tertiary/aromatic N) is 3. The molecule has 1 fully saturated rings. The van der Waals surface area contributed by atoms with Crippen molar-refractivity contribution >= 4 is 26.6 Å². The number of para-hydroxylation sites is 1. The van der Waals surface area contributed by atoms with Gasteiger partial charge in [0.1, 0.15) is 22.0 Å². The van der Waals surface area contributed by atoms with Gasteiger partial charge in [0.05, 0.1) is 11.3 Å². The number of sulfone groups is 1. The molecule has 0 radical (unpaired) electrons. The lowest BCUT2D eigenvalue weighted by molar-refractivity contribution is 0.230. The van der Waals surface area contributed by atoms with E-state index in [1.165, 1.54) is 6.26 Å². The van der Waals surface area contributed by atoms with E-state index in [1.807, 2.05) is 24.3 Å². The molecule has 0 spiro atoms. The number of fused-ring (bicyclic) bond motifs is 1. The summed E-state index contributed by atoms with van der Waals surface area (Å²) in [6, 6.07) is 8.33. The molecule has 1 aliphatic rings. The molecule has 6 nitrogen and oxygen atoms in total. The fourth-order valence-corrected chi connectivity index (χ4v) is 3.50. The van der Waals surface area contributed by atoms with Crippen molar-refractivity contribution in [3.05, 3.63) is 30.6 Å². The van der Waals surface area contributed by atoms with E-state index < -0.39 is 9.84 Å². The number of nitrogens with one attached hydrogen (secondary N) is 1. The second kappa shape index (κ2) is 6.80. The van der Waals surface area contributed by atoms with Crippen LogP contribution in [0.1, 0.15) is 12.8 Å². The van der Waals surface area contributed by atoms with E-state index in [2.05, 4.69) is 20.2 Å². The van der Waals surface area contributed by atoms with Crippen LogP contribution in [-0.2, 0) is 9.84 Å². The molecule has 0 atom stereocenters. The van der Waals surface area contributed by atoms with Gasteiger partial charge in [0.2, 0.25) is 0 Å². The second-order valence-corrected chi connectivity index (χ2v) is 8.39. The number of hydrogen-bond donors (Lipinski definition) is 1. The lowest BCUT2D eigenvalue weighted by Gasteiger charge is -2.32. The summed E-state index contributed by atoms with van der Waals surface area (Å²) in [6.45, 7) is 2.45. The quantitative estimate of drug-likeness (QED) is 0.894. The van der Waals surface area contributed by atoms with E-state index in [4.69, 9.17) is 0 Å². The van der Waals surface area contributed by atoms with Gasteiger partial charge in [-0.3, -0.25) is 0 Å². The van der Waals surface area contributed by atoms with E-state index in [-0.39, 0.29) is 5.75 Å². The van der Waals surface area contributed by atoms with Crippen molar-refractivity contribution < 1.29 is 8.42 Å². The average molecular weight is 334 g/mol. The summed E-state index contributed by atoms with van der Waals surface area (Å²) in [5.41, 5.74) is 0.940. The van der Waals surface area contributed by atoms with Gasteiger partial charge < -0.3 is 10.2 Å². The Morgan fingerprint density at radius 2 is 1.96 bits per heavy atom. The molecule has 2 aromatic rings. The van der Waals surface area contributed by atoms with Crippen molar-refractivity contribution in [3.63, 3.8) is 0 Å². The molecule has 0 aliphatic carbocycles. The van der Waals surface area contributed by atoms with Gasteiger partial charge in [0, 0.05) is 37.3 Å². The number of rotatable bonds is 5. The molecule has 1 aromatic carbocycles. The fourth-order valence-electron chi connectivity index (χ4n) is 2.91. The summed E-state index contributed by atoms with van der Waals surface area (Å²) in [5.74, 6) is 1.12. The highest BCUT2D eigenvalue weighted by Crippen LogP contribution is 2.21. The molecule has 1 N–H and O–H groups in total. The SMILES string of the molecule is CS(=O)(=O)CCN1CCC(Nc2ncnc3ccccc23)CC1. The van der Waals surface area contributed by atoms with Crippen LogP contribution in [0.25, 0.3) is 10.9 Å². The first-order valence-corrected chi connectivity index (χ1v) is 9.94. The maximum absolute atomic E-state index is 11.3. The van der Waals surface area contributed by atoms with E-state index in [1.54, 1.807) is 6.33 Å². The molecule has 7 heteroatoms. The topological polar surface area (TPSA) is 75.2 Å². The molecule has 0 saturated carbocycles. The first-order chi connectivity index (χ1) is 11.0. The summed E-state index contributed by atoms with van der Waals surface area (Å²) in [4.78, 5) is 10.9. The molecule has 1 saturated heterocycles. The number of hydrogen-bond acceptors (Lipinski definition) is 6. The third kappa shape index (κ3) is 4.39. The van der Waals surface area contributed by atoms with Crippen molar-refractivity contribution in [2.24, 2.45) is 0 Å². The van der Waals surface area contributed by atoms with Crippen molar-refractivity contribution in [1.29, 1.82) is 0 Å². The van der Waals surface area contributed by atoms with Crippen LogP contribution in [0.15, 0.2) is 30.6 Å². The smallest absolute Gasteiger partial charge is 0.148 e. The standard InChI is InChI=1S/C16H22N4O2S/c1-23(21,22)11-10-20-8-6-13(7-9-20)19-16-14-4-2-3-5-15(14)17-12-18-16/h2-5,12-13H,6-11H2,1H3,(H,17,18,19). The Hall–Kier alpha value is -1.73. The largest absolute Gasteiger partial charge is 0.367 e. The molecule has 0 bridgehead atoms. The van der Waals surface area contributed by atoms with Crippen LogP contribution in [0, 0.1) is 0 Å². The van der Waals surface area contributed by atoms with Crippen LogP contribution >= 0.6 is 0 Å². The molecule has 124 valence electrons. The number of likely N-dealkylation sites (tertiary alicyclic amines) is 1. The zero-order chi connectivity index (χ0) is 16.3. The predicted octanol–water partition coefficient (Wildman–Crippen LogP) is 1.55. The highest BCUT2D eigenvalue weighted by atomic mass is 32.2. The average Bonchev–Trinajstić information content (AvgIpc) is 2.54.